The lowest BCUT2D eigenvalue weighted by molar-refractivity contribution is 0.262. The Hall–Kier alpha value is -3.31. The summed E-state index contributed by atoms with van der Waals surface area (Å²) in [7, 11) is 1.64. The molecule has 138 valence electrons. The number of ether oxygens (including phenoxy) is 1. The van der Waals surface area contributed by atoms with Gasteiger partial charge in [0.15, 0.2) is 0 Å². The number of anilines is 2. The average Bonchev–Trinajstić information content (AvgIpc) is 2.70. The van der Waals surface area contributed by atoms with E-state index < -0.39 is 0 Å². The molecule has 0 atom stereocenters. The highest BCUT2D eigenvalue weighted by Gasteiger charge is 2.07. The summed E-state index contributed by atoms with van der Waals surface area (Å²) in [5.41, 5.74) is 4.31. The molecule has 5 nitrogen and oxygen atoms in total. The topological polar surface area (TPSA) is 70.6 Å². The number of methoxy groups -OCH3 is 1. The lowest BCUT2D eigenvalue weighted by Crippen LogP contribution is -2.20. The van der Waals surface area contributed by atoms with Crippen molar-refractivity contribution < 1.29 is 14.6 Å². The smallest absolute Gasteiger partial charge is 0.323 e. The number of carbonyl (C=O) groups is 1. The van der Waals surface area contributed by atoms with Crippen LogP contribution in [0.2, 0.25) is 0 Å². The van der Waals surface area contributed by atoms with Crippen molar-refractivity contribution in [3.8, 4) is 16.9 Å². The van der Waals surface area contributed by atoms with Crippen molar-refractivity contribution in [1.82, 2.24) is 0 Å². The first-order valence-corrected chi connectivity index (χ1v) is 8.71. The first-order valence-electron chi connectivity index (χ1n) is 8.71. The van der Waals surface area contributed by atoms with E-state index in [0.717, 1.165) is 22.4 Å². The number of aliphatic hydroxyl groups is 1. The third-order valence-electron chi connectivity index (χ3n) is 4.19. The van der Waals surface area contributed by atoms with Crippen molar-refractivity contribution in [3.05, 3.63) is 78.4 Å². The minimum atomic E-state index is -0.327. The molecule has 0 spiro atoms. The van der Waals surface area contributed by atoms with Crippen LogP contribution in [0.3, 0.4) is 0 Å². The van der Waals surface area contributed by atoms with Crippen LogP contribution >= 0.6 is 0 Å². The minimum Gasteiger partial charge on any atom is -0.497 e. The predicted octanol–water partition coefficient (Wildman–Crippen LogP) is 4.54. The van der Waals surface area contributed by atoms with E-state index in [0.29, 0.717) is 17.8 Å². The Balaban J connectivity index is 1.71. The van der Waals surface area contributed by atoms with Crippen LogP contribution in [0, 0.1) is 0 Å². The van der Waals surface area contributed by atoms with Crippen LogP contribution in [-0.2, 0) is 6.42 Å². The molecular formula is C22H22N2O3. The van der Waals surface area contributed by atoms with E-state index in [-0.39, 0.29) is 12.6 Å². The van der Waals surface area contributed by atoms with Crippen molar-refractivity contribution >= 4 is 17.4 Å². The fraction of sp³-hybridized carbons (Fsp3) is 0.136. The van der Waals surface area contributed by atoms with Gasteiger partial charge in [0.2, 0.25) is 0 Å². The van der Waals surface area contributed by atoms with Gasteiger partial charge >= 0.3 is 6.03 Å². The van der Waals surface area contributed by atoms with Gasteiger partial charge in [-0.3, -0.25) is 0 Å². The molecule has 0 aliphatic carbocycles. The van der Waals surface area contributed by atoms with Gasteiger partial charge in [-0.15, -0.1) is 0 Å². The Labute approximate surface area is 158 Å². The number of aliphatic hydroxyl groups excluding tert-OH is 1. The average molecular weight is 362 g/mol. The van der Waals surface area contributed by atoms with Gasteiger partial charge in [-0.2, -0.15) is 0 Å². The van der Waals surface area contributed by atoms with Crippen LogP contribution in [-0.4, -0.2) is 24.9 Å². The van der Waals surface area contributed by atoms with Crippen LogP contribution in [0.25, 0.3) is 11.1 Å². The second-order valence-electron chi connectivity index (χ2n) is 6.02. The molecule has 3 aromatic rings. The van der Waals surface area contributed by atoms with Gasteiger partial charge in [0.05, 0.1) is 7.11 Å². The lowest BCUT2D eigenvalue weighted by Gasteiger charge is -2.12. The molecule has 3 aromatic carbocycles. The van der Waals surface area contributed by atoms with Crippen LogP contribution in [0.5, 0.6) is 5.75 Å². The maximum atomic E-state index is 12.4. The molecule has 3 rings (SSSR count). The zero-order valence-electron chi connectivity index (χ0n) is 15.1. The van der Waals surface area contributed by atoms with Crippen molar-refractivity contribution in [2.24, 2.45) is 0 Å². The molecule has 0 saturated carbocycles. The Morgan fingerprint density at radius 2 is 1.70 bits per heavy atom. The summed E-state index contributed by atoms with van der Waals surface area (Å²) in [6.45, 7) is 0.0320. The van der Waals surface area contributed by atoms with Crippen molar-refractivity contribution in [1.29, 1.82) is 0 Å². The highest BCUT2D eigenvalue weighted by molar-refractivity contribution is 6.00. The maximum Gasteiger partial charge on any atom is 0.323 e. The molecule has 0 fully saturated rings. The molecule has 0 bridgehead atoms. The fourth-order valence-electron chi connectivity index (χ4n) is 2.83. The Morgan fingerprint density at radius 3 is 2.44 bits per heavy atom. The van der Waals surface area contributed by atoms with Crippen LogP contribution in [0.15, 0.2) is 72.8 Å². The number of urea groups is 1. The number of hydrogen-bond acceptors (Lipinski definition) is 3. The molecule has 0 aromatic heterocycles. The number of hydrogen-bond donors (Lipinski definition) is 3. The van der Waals surface area contributed by atoms with E-state index in [2.05, 4.69) is 10.6 Å². The number of amides is 2. The van der Waals surface area contributed by atoms with E-state index >= 15 is 0 Å². The highest BCUT2D eigenvalue weighted by Crippen LogP contribution is 2.25. The van der Waals surface area contributed by atoms with E-state index in [1.54, 1.807) is 7.11 Å². The highest BCUT2D eigenvalue weighted by atomic mass is 16.5. The number of carbonyl (C=O) groups excluding carboxylic acids is 1. The second kappa shape index (κ2) is 8.87. The van der Waals surface area contributed by atoms with Gasteiger partial charge in [0.25, 0.3) is 0 Å². The molecule has 2 amide bonds. The van der Waals surface area contributed by atoms with E-state index in [9.17, 15) is 4.79 Å². The zero-order valence-corrected chi connectivity index (χ0v) is 15.1. The lowest BCUT2D eigenvalue weighted by atomic mass is 10.1. The summed E-state index contributed by atoms with van der Waals surface area (Å²) in [6, 6.07) is 22.5. The van der Waals surface area contributed by atoms with Crippen LogP contribution in [0.1, 0.15) is 5.56 Å². The third kappa shape index (κ3) is 4.86. The molecule has 0 unspecified atom stereocenters. The summed E-state index contributed by atoms with van der Waals surface area (Å²) < 4.78 is 5.18. The summed E-state index contributed by atoms with van der Waals surface area (Å²) >= 11 is 0. The molecular weight excluding hydrogens is 340 g/mol. The monoisotopic (exact) mass is 362 g/mol. The molecule has 0 heterocycles. The van der Waals surface area contributed by atoms with Gasteiger partial charge in [-0.05, 0) is 53.4 Å². The molecule has 0 aliphatic heterocycles. The van der Waals surface area contributed by atoms with E-state index in [1.165, 1.54) is 0 Å². The SMILES string of the molecule is COc1ccc(-c2cccc(NC(=O)Nc3ccccc3CCO)c2)cc1. The van der Waals surface area contributed by atoms with Crippen molar-refractivity contribution in [3.63, 3.8) is 0 Å². The van der Waals surface area contributed by atoms with Crippen LogP contribution < -0.4 is 15.4 Å². The largest absolute Gasteiger partial charge is 0.497 e. The van der Waals surface area contributed by atoms with Gasteiger partial charge < -0.3 is 20.5 Å². The number of nitrogens with one attached hydrogen (secondary N) is 2. The first-order chi connectivity index (χ1) is 13.2. The molecule has 0 radical (unpaired) electrons. The fourth-order valence-corrected chi connectivity index (χ4v) is 2.83. The van der Waals surface area contributed by atoms with Gasteiger partial charge in [-0.25, -0.2) is 4.79 Å². The molecule has 3 N–H and O–H groups in total. The minimum absolute atomic E-state index is 0.0320. The van der Waals surface area contributed by atoms with Gasteiger partial charge in [0.1, 0.15) is 5.75 Å². The second-order valence-corrected chi connectivity index (χ2v) is 6.02. The Morgan fingerprint density at radius 1 is 0.926 bits per heavy atom. The van der Waals surface area contributed by atoms with E-state index in [1.807, 2.05) is 72.8 Å². The van der Waals surface area contributed by atoms with Gasteiger partial charge in [0, 0.05) is 18.0 Å². The normalized spacial score (nSPS) is 10.3. The first kappa shape index (κ1) is 18.5. The third-order valence-corrected chi connectivity index (χ3v) is 4.19. The van der Waals surface area contributed by atoms with E-state index in [4.69, 9.17) is 9.84 Å². The molecule has 0 aliphatic rings. The van der Waals surface area contributed by atoms with Crippen molar-refractivity contribution in [2.75, 3.05) is 24.4 Å². The zero-order chi connectivity index (χ0) is 19.1. The van der Waals surface area contributed by atoms with Gasteiger partial charge in [-0.1, -0.05) is 42.5 Å². The number of benzene rings is 3. The standard InChI is InChI=1S/C22H22N2O3/c1-27-20-11-9-16(10-12-20)18-6-4-7-19(15-18)23-22(26)24-21-8-3-2-5-17(21)13-14-25/h2-12,15,25H,13-14H2,1H3,(H2,23,24,26). The Bertz CT molecular complexity index is 907. The molecule has 0 saturated heterocycles. The summed E-state index contributed by atoms with van der Waals surface area (Å²) in [4.78, 5) is 12.4. The number of rotatable bonds is 6. The summed E-state index contributed by atoms with van der Waals surface area (Å²) in [5.74, 6) is 0.800. The maximum absolute atomic E-state index is 12.4. The van der Waals surface area contributed by atoms with Crippen LogP contribution in [0.4, 0.5) is 16.2 Å². The predicted molar refractivity (Wildman–Crippen MR) is 108 cm³/mol. The molecule has 27 heavy (non-hydrogen) atoms. The summed E-state index contributed by atoms with van der Waals surface area (Å²) in [5, 5.41) is 14.8. The quantitative estimate of drug-likeness (QED) is 0.603. The van der Waals surface area contributed by atoms with Crippen molar-refractivity contribution in [2.45, 2.75) is 6.42 Å². The summed E-state index contributed by atoms with van der Waals surface area (Å²) in [6.07, 6.45) is 0.489. The molecule has 5 heteroatoms. The Kier molecular flexibility index (Phi) is 6.07. The number of para-hydroxylation sites is 1.